The van der Waals surface area contributed by atoms with Crippen LogP contribution >= 0.6 is 31.9 Å². The molecule has 2 aromatic carbocycles. The molecule has 0 unspecified atom stereocenters. The fourth-order valence-electron chi connectivity index (χ4n) is 2.33. The Balaban J connectivity index is 1.96. The Morgan fingerprint density at radius 3 is 2.48 bits per heavy atom. The molecule has 0 aliphatic carbocycles. The SMILES string of the molecule is COc1cc(C=C2C(=O)NN(c3ccc(Br)cc3)C2=O)cc(Br)c1O. The number of hydrogen-bond donors (Lipinski definition) is 2. The third-order valence-corrected chi connectivity index (χ3v) is 4.69. The number of ether oxygens (including phenoxy) is 1. The Morgan fingerprint density at radius 2 is 1.84 bits per heavy atom. The summed E-state index contributed by atoms with van der Waals surface area (Å²) in [5.41, 5.74) is 3.61. The lowest BCUT2D eigenvalue weighted by molar-refractivity contribution is -0.117. The molecule has 25 heavy (non-hydrogen) atoms. The van der Waals surface area contributed by atoms with Crippen LogP contribution in [0.3, 0.4) is 0 Å². The van der Waals surface area contributed by atoms with Crippen molar-refractivity contribution >= 4 is 55.4 Å². The first kappa shape index (κ1) is 17.5. The highest BCUT2D eigenvalue weighted by molar-refractivity contribution is 9.10. The van der Waals surface area contributed by atoms with Gasteiger partial charge in [-0.05, 0) is 64.0 Å². The van der Waals surface area contributed by atoms with Crippen LogP contribution in [0.1, 0.15) is 5.56 Å². The van der Waals surface area contributed by atoms with Gasteiger partial charge >= 0.3 is 0 Å². The second-order valence-corrected chi connectivity index (χ2v) is 6.94. The van der Waals surface area contributed by atoms with Gasteiger partial charge in [-0.25, -0.2) is 5.01 Å². The van der Waals surface area contributed by atoms with Crippen LogP contribution in [-0.2, 0) is 9.59 Å². The van der Waals surface area contributed by atoms with Crippen LogP contribution in [-0.4, -0.2) is 24.0 Å². The number of carbonyl (C=O) groups is 2. The molecule has 1 aliphatic rings. The topological polar surface area (TPSA) is 78.9 Å². The summed E-state index contributed by atoms with van der Waals surface area (Å²) in [6, 6.07) is 10.1. The molecule has 0 atom stereocenters. The second-order valence-electron chi connectivity index (χ2n) is 5.17. The van der Waals surface area contributed by atoms with E-state index in [1.54, 1.807) is 30.3 Å². The average Bonchev–Trinajstić information content (AvgIpc) is 2.86. The van der Waals surface area contributed by atoms with Crippen molar-refractivity contribution in [3.05, 3.63) is 56.5 Å². The highest BCUT2D eigenvalue weighted by Gasteiger charge is 2.34. The number of aromatic hydroxyl groups is 1. The molecule has 6 nitrogen and oxygen atoms in total. The van der Waals surface area contributed by atoms with E-state index >= 15 is 0 Å². The predicted octanol–water partition coefficient (Wildman–Crippen LogP) is 3.39. The van der Waals surface area contributed by atoms with Crippen molar-refractivity contribution in [2.75, 3.05) is 12.1 Å². The number of phenolic OH excluding ortho intramolecular Hbond substituents is 1. The summed E-state index contributed by atoms with van der Waals surface area (Å²) >= 11 is 6.54. The normalized spacial score (nSPS) is 15.6. The number of nitrogens with one attached hydrogen (secondary N) is 1. The van der Waals surface area contributed by atoms with Crippen molar-refractivity contribution in [2.45, 2.75) is 0 Å². The first-order valence-electron chi connectivity index (χ1n) is 7.10. The number of hydrazine groups is 1. The van der Waals surface area contributed by atoms with Gasteiger partial charge in [-0.3, -0.25) is 15.0 Å². The molecule has 3 rings (SSSR count). The molecule has 128 valence electrons. The van der Waals surface area contributed by atoms with Crippen LogP contribution in [0.4, 0.5) is 5.69 Å². The molecule has 0 bridgehead atoms. The van der Waals surface area contributed by atoms with Gasteiger partial charge in [0.05, 0.1) is 17.3 Å². The first-order valence-corrected chi connectivity index (χ1v) is 8.68. The Bertz CT molecular complexity index is 894. The first-order chi connectivity index (χ1) is 11.9. The van der Waals surface area contributed by atoms with E-state index in [4.69, 9.17) is 4.74 Å². The van der Waals surface area contributed by atoms with Gasteiger partial charge in [-0.1, -0.05) is 15.9 Å². The minimum atomic E-state index is -0.504. The summed E-state index contributed by atoms with van der Waals surface area (Å²) in [6.45, 7) is 0. The maximum Gasteiger partial charge on any atom is 0.282 e. The fraction of sp³-hybridized carbons (Fsp3) is 0.0588. The number of halogens is 2. The van der Waals surface area contributed by atoms with Crippen molar-refractivity contribution in [3.63, 3.8) is 0 Å². The van der Waals surface area contributed by atoms with Crippen LogP contribution in [0.5, 0.6) is 11.5 Å². The standard InChI is InChI=1S/C17H12Br2N2O4/c1-25-14-8-9(7-13(19)15(14)22)6-12-16(23)20-21(17(12)24)11-4-2-10(18)3-5-11/h2-8,22H,1H3,(H,20,23). The third-order valence-electron chi connectivity index (χ3n) is 3.56. The molecule has 0 aromatic heterocycles. The molecule has 0 spiro atoms. The molecule has 1 heterocycles. The van der Waals surface area contributed by atoms with Crippen molar-refractivity contribution < 1.29 is 19.4 Å². The Labute approximate surface area is 160 Å². The molecule has 0 radical (unpaired) electrons. The summed E-state index contributed by atoms with van der Waals surface area (Å²) in [4.78, 5) is 24.8. The lowest BCUT2D eigenvalue weighted by atomic mass is 10.1. The number of rotatable bonds is 3. The van der Waals surface area contributed by atoms with E-state index in [0.717, 1.165) is 4.47 Å². The number of methoxy groups -OCH3 is 1. The average molecular weight is 468 g/mol. The Morgan fingerprint density at radius 1 is 1.16 bits per heavy atom. The minimum absolute atomic E-state index is 0.0115. The summed E-state index contributed by atoms with van der Waals surface area (Å²) in [5, 5.41) is 11.0. The van der Waals surface area contributed by atoms with E-state index in [-0.39, 0.29) is 17.1 Å². The minimum Gasteiger partial charge on any atom is -0.503 e. The maximum atomic E-state index is 12.6. The molecule has 8 heteroatoms. The molecule has 2 amide bonds. The highest BCUT2D eigenvalue weighted by Crippen LogP contribution is 2.36. The summed E-state index contributed by atoms with van der Waals surface area (Å²) < 4.78 is 6.34. The number of amides is 2. The van der Waals surface area contributed by atoms with Gasteiger partial charge < -0.3 is 9.84 Å². The second kappa shape index (κ2) is 6.89. The van der Waals surface area contributed by atoms with Crippen LogP contribution in [0, 0.1) is 0 Å². The predicted molar refractivity (Wildman–Crippen MR) is 100 cm³/mol. The fourth-order valence-corrected chi connectivity index (χ4v) is 3.05. The van der Waals surface area contributed by atoms with Crippen LogP contribution in [0.2, 0.25) is 0 Å². The molecule has 2 aromatic rings. The molecule has 1 saturated heterocycles. The summed E-state index contributed by atoms with van der Waals surface area (Å²) in [7, 11) is 1.42. The van der Waals surface area contributed by atoms with Gasteiger partial charge in [0.1, 0.15) is 5.57 Å². The number of nitrogens with zero attached hydrogens (tertiary/aromatic N) is 1. The highest BCUT2D eigenvalue weighted by atomic mass is 79.9. The zero-order chi connectivity index (χ0) is 18.1. The van der Waals surface area contributed by atoms with Gasteiger partial charge in [-0.2, -0.15) is 0 Å². The quantitative estimate of drug-likeness (QED) is 0.535. The van der Waals surface area contributed by atoms with Crippen LogP contribution < -0.4 is 15.2 Å². The monoisotopic (exact) mass is 466 g/mol. The zero-order valence-electron chi connectivity index (χ0n) is 12.9. The van der Waals surface area contributed by atoms with Crippen LogP contribution in [0.15, 0.2) is 50.9 Å². The maximum absolute atomic E-state index is 12.6. The lowest BCUT2D eigenvalue weighted by Gasteiger charge is -2.14. The van der Waals surface area contributed by atoms with Gasteiger partial charge in [0.25, 0.3) is 11.8 Å². The molecule has 0 saturated carbocycles. The van der Waals surface area contributed by atoms with Crippen molar-refractivity contribution in [1.82, 2.24) is 5.43 Å². The van der Waals surface area contributed by atoms with Gasteiger partial charge in [0, 0.05) is 4.47 Å². The smallest absolute Gasteiger partial charge is 0.282 e. The Hall–Kier alpha value is -2.32. The number of hydrogen-bond acceptors (Lipinski definition) is 4. The number of carbonyl (C=O) groups excluding carboxylic acids is 2. The van der Waals surface area contributed by atoms with E-state index in [0.29, 0.717) is 15.7 Å². The molecular formula is C17H12Br2N2O4. The largest absolute Gasteiger partial charge is 0.503 e. The molecule has 1 fully saturated rings. The number of phenols is 1. The van der Waals surface area contributed by atoms with E-state index in [1.165, 1.54) is 24.3 Å². The zero-order valence-corrected chi connectivity index (χ0v) is 16.1. The van der Waals surface area contributed by atoms with Crippen molar-refractivity contribution in [2.24, 2.45) is 0 Å². The molecule has 2 N–H and O–H groups in total. The third kappa shape index (κ3) is 3.40. The van der Waals surface area contributed by atoms with Crippen molar-refractivity contribution in [1.29, 1.82) is 0 Å². The van der Waals surface area contributed by atoms with Gasteiger partial charge in [0.15, 0.2) is 11.5 Å². The molecule has 1 aliphatic heterocycles. The van der Waals surface area contributed by atoms with E-state index < -0.39 is 11.8 Å². The lowest BCUT2D eigenvalue weighted by Crippen LogP contribution is -2.35. The number of benzene rings is 2. The molecular weight excluding hydrogens is 456 g/mol. The van der Waals surface area contributed by atoms with Gasteiger partial charge in [0.2, 0.25) is 0 Å². The van der Waals surface area contributed by atoms with Crippen LogP contribution in [0.25, 0.3) is 6.08 Å². The number of anilines is 1. The van der Waals surface area contributed by atoms with E-state index in [9.17, 15) is 14.7 Å². The summed E-state index contributed by atoms with van der Waals surface area (Å²) in [5.74, 6) is -0.785. The Kier molecular flexibility index (Phi) is 4.82. The van der Waals surface area contributed by atoms with Gasteiger partial charge in [-0.15, -0.1) is 0 Å². The van der Waals surface area contributed by atoms with E-state index in [1.807, 2.05) is 0 Å². The summed E-state index contributed by atoms with van der Waals surface area (Å²) in [6.07, 6.45) is 1.45. The van der Waals surface area contributed by atoms with Crippen molar-refractivity contribution in [3.8, 4) is 11.5 Å². The van der Waals surface area contributed by atoms with E-state index in [2.05, 4.69) is 37.3 Å².